The van der Waals surface area contributed by atoms with Crippen LogP contribution in [0.5, 0.6) is 5.75 Å². The van der Waals surface area contributed by atoms with Crippen LogP contribution in [0.4, 0.5) is 5.69 Å². The number of anilines is 1. The Morgan fingerprint density at radius 2 is 1.90 bits per heavy atom. The molecule has 0 aliphatic heterocycles. The Bertz CT molecular complexity index is 415. The van der Waals surface area contributed by atoms with Crippen LogP contribution in [-0.2, 0) is 4.79 Å². The third-order valence-corrected chi connectivity index (χ3v) is 3.12. The van der Waals surface area contributed by atoms with Gasteiger partial charge in [-0.15, -0.1) is 0 Å². The second-order valence-electron chi connectivity index (χ2n) is 5.65. The minimum Gasteiger partial charge on any atom is -0.491 e. The first-order valence-electron chi connectivity index (χ1n) is 7.76. The van der Waals surface area contributed by atoms with Gasteiger partial charge in [-0.2, -0.15) is 0 Å². The lowest BCUT2D eigenvalue weighted by atomic mass is 10.2. The van der Waals surface area contributed by atoms with Gasteiger partial charge in [0.1, 0.15) is 5.75 Å². The molecule has 0 aliphatic carbocycles. The number of nitrogens with one attached hydrogen (secondary N) is 1. The molecule has 4 heteroatoms. The standard InChI is InChI=1S/C17H28N2O2/c1-5-6-12-19(4)13-11-17(20)18-15-7-9-16(10-8-15)21-14(2)3/h7-10,14H,5-6,11-13H2,1-4H3,(H,18,20). The van der Waals surface area contributed by atoms with E-state index >= 15 is 0 Å². The van der Waals surface area contributed by atoms with Crippen LogP contribution in [0.3, 0.4) is 0 Å². The highest BCUT2D eigenvalue weighted by Crippen LogP contribution is 2.17. The third kappa shape index (κ3) is 7.71. The molecule has 0 spiro atoms. The van der Waals surface area contributed by atoms with Crippen LogP contribution < -0.4 is 10.1 Å². The normalized spacial score (nSPS) is 11.0. The molecule has 0 bridgehead atoms. The molecule has 21 heavy (non-hydrogen) atoms. The summed E-state index contributed by atoms with van der Waals surface area (Å²) in [7, 11) is 2.06. The SMILES string of the molecule is CCCCN(C)CCC(=O)Nc1ccc(OC(C)C)cc1. The largest absolute Gasteiger partial charge is 0.491 e. The Morgan fingerprint density at radius 3 is 2.48 bits per heavy atom. The highest BCUT2D eigenvalue weighted by molar-refractivity contribution is 5.90. The lowest BCUT2D eigenvalue weighted by molar-refractivity contribution is -0.116. The fraction of sp³-hybridized carbons (Fsp3) is 0.588. The number of hydrogen-bond acceptors (Lipinski definition) is 3. The van der Waals surface area contributed by atoms with Gasteiger partial charge in [0, 0.05) is 18.7 Å². The minimum atomic E-state index is 0.0517. The van der Waals surface area contributed by atoms with Crippen molar-refractivity contribution in [1.82, 2.24) is 4.90 Å². The van der Waals surface area contributed by atoms with Gasteiger partial charge in [-0.3, -0.25) is 4.79 Å². The summed E-state index contributed by atoms with van der Waals surface area (Å²) in [4.78, 5) is 14.1. The van der Waals surface area contributed by atoms with Crippen molar-refractivity contribution in [3.05, 3.63) is 24.3 Å². The molecule has 1 aromatic carbocycles. The molecule has 0 aliphatic rings. The second-order valence-corrected chi connectivity index (χ2v) is 5.65. The topological polar surface area (TPSA) is 41.6 Å². The Hall–Kier alpha value is -1.55. The van der Waals surface area contributed by atoms with Crippen LogP contribution in [-0.4, -0.2) is 37.0 Å². The van der Waals surface area contributed by atoms with Gasteiger partial charge in [-0.25, -0.2) is 0 Å². The van der Waals surface area contributed by atoms with Gasteiger partial charge in [-0.05, 0) is 58.1 Å². The van der Waals surface area contributed by atoms with Crippen LogP contribution >= 0.6 is 0 Å². The highest BCUT2D eigenvalue weighted by Gasteiger charge is 2.05. The predicted octanol–water partition coefficient (Wildman–Crippen LogP) is 3.53. The van der Waals surface area contributed by atoms with E-state index in [9.17, 15) is 4.79 Å². The summed E-state index contributed by atoms with van der Waals surface area (Å²) in [6.07, 6.45) is 3.03. The number of carbonyl (C=O) groups excluding carboxylic acids is 1. The summed E-state index contributed by atoms with van der Waals surface area (Å²) in [6, 6.07) is 7.50. The molecule has 1 rings (SSSR count). The zero-order chi connectivity index (χ0) is 15.7. The minimum absolute atomic E-state index is 0.0517. The molecule has 4 nitrogen and oxygen atoms in total. The van der Waals surface area contributed by atoms with Crippen molar-refractivity contribution >= 4 is 11.6 Å². The van der Waals surface area contributed by atoms with E-state index in [-0.39, 0.29) is 12.0 Å². The monoisotopic (exact) mass is 292 g/mol. The molecule has 1 aromatic rings. The van der Waals surface area contributed by atoms with Crippen LogP contribution in [0.1, 0.15) is 40.0 Å². The molecule has 0 atom stereocenters. The molecule has 1 amide bonds. The molecule has 1 N–H and O–H groups in total. The molecule has 0 heterocycles. The quantitative estimate of drug-likeness (QED) is 0.757. The summed E-state index contributed by atoms with van der Waals surface area (Å²) in [5.41, 5.74) is 0.812. The van der Waals surface area contributed by atoms with Gasteiger partial charge in [0.25, 0.3) is 0 Å². The van der Waals surface area contributed by atoms with E-state index in [0.29, 0.717) is 6.42 Å². The first-order chi connectivity index (χ1) is 10.0. The number of amides is 1. The van der Waals surface area contributed by atoms with Crippen LogP contribution in [0.2, 0.25) is 0 Å². The maximum atomic E-state index is 11.9. The third-order valence-electron chi connectivity index (χ3n) is 3.12. The second kappa shape index (κ2) is 9.40. The molecule has 0 saturated carbocycles. The first kappa shape index (κ1) is 17.5. The van der Waals surface area contributed by atoms with Crippen molar-refractivity contribution in [1.29, 1.82) is 0 Å². The van der Waals surface area contributed by atoms with E-state index in [2.05, 4.69) is 24.2 Å². The lowest BCUT2D eigenvalue weighted by Gasteiger charge is -2.15. The van der Waals surface area contributed by atoms with Gasteiger partial charge in [0.2, 0.25) is 5.91 Å². The maximum Gasteiger partial charge on any atom is 0.225 e. The van der Waals surface area contributed by atoms with Crippen molar-refractivity contribution in [3.63, 3.8) is 0 Å². The maximum absolute atomic E-state index is 11.9. The fourth-order valence-corrected chi connectivity index (χ4v) is 1.94. The lowest BCUT2D eigenvalue weighted by Crippen LogP contribution is -2.25. The van der Waals surface area contributed by atoms with Crippen molar-refractivity contribution in [2.45, 2.75) is 46.1 Å². The summed E-state index contributed by atoms with van der Waals surface area (Å²) in [5, 5.41) is 2.91. The smallest absolute Gasteiger partial charge is 0.225 e. The van der Waals surface area contributed by atoms with E-state index < -0.39 is 0 Å². The zero-order valence-electron chi connectivity index (χ0n) is 13.7. The van der Waals surface area contributed by atoms with Crippen molar-refractivity contribution in [2.24, 2.45) is 0 Å². The van der Waals surface area contributed by atoms with E-state index in [1.165, 1.54) is 12.8 Å². The van der Waals surface area contributed by atoms with E-state index in [0.717, 1.165) is 24.5 Å². The molecule has 118 valence electrons. The molecule has 0 fully saturated rings. The van der Waals surface area contributed by atoms with Gasteiger partial charge in [0.15, 0.2) is 0 Å². The molecule has 0 unspecified atom stereocenters. The van der Waals surface area contributed by atoms with Gasteiger partial charge in [0.05, 0.1) is 6.10 Å². The molecular weight excluding hydrogens is 264 g/mol. The average molecular weight is 292 g/mol. The zero-order valence-corrected chi connectivity index (χ0v) is 13.7. The molecule has 0 radical (unpaired) electrons. The number of hydrogen-bond donors (Lipinski definition) is 1. The van der Waals surface area contributed by atoms with Crippen LogP contribution in [0, 0.1) is 0 Å². The summed E-state index contributed by atoms with van der Waals surface area (Å²) < 4.78 is 5.57. The number of nitrogens with zero attached hydrogens (tertiary/aromatic N) is 1. The van der Waals surface area contributed by atoms with E-state index in [1.54, 1.807) is 0 Å². The van der Waals surface area contributed by atoms with Gasteiger partial charge >= 0.3 is 0 Å². The van der Waals surface area contributed by atoms with E-state index in [4.69, 9.17) is 4.74 Å². The Balaban J connectivity index is 2.34. The average Bonchev–Trinajstić information content (AvgIpc) is 2.44. The number of benzene rings is 1. The molecule has 0 saturated heterocycles. The van der Waals surface area contributed by atoms with E-state index in [1.807, 2.05) is 38.1 Å². The summed E-state index contributed by atoms with van der Waals surface area (Å²) in [6.45, 7) is 7.99. The van der Waals surface area contributed by atoms with Gasteiger partial charge < -0.3 is 15.0 Å². The molecule has 0 aromatic heterocycles. The number of ether oxygens (including phenoxy) is 1. The Kier molecular flexibility index (Phi) is 7.83. The number of carbonyl (C=O) groups is 1. The number of unbranched alkanes of at least 4 members (excludes halogenated alkanes) is 1. The summed E-state index contributed by atoms with van der Waals surface area (Å²) in [5.74, 6) is 0.873. The summed E-state index contributed by atoms with van der Waals surface area (Å²) >= 11 is 0. The fourth-order valence-electron chi connectivity index (χ4n) is 1.94. The van der Waals surface area contributed by atoms with Crippen molar-refractivity contribution < 1.29 is 9.53 Å². The Labute approximate surface area is 128 Å². The van der Waals surface area contributed by atoms with Gasteiger partial charge in [-0.1, -0.05) is 13.3 Å². The molecular formula is C17H28N2O2. The number of rotatable bonds is 9. The van der Waals surface area contributed by atoms with Crippen molar-refractivity contribution in [3.8, 4) is 5.75 Å². The predicted molar refractivity (Wildman–Crippen MR) is 87.9 cm³/mol. The first-order valence-corrected chi connectivity index (χ1v) is 7.76. The van der Waals surface area contributed by atoms with Crippen LogP contribution in [0.15, 0.2) is 24.3 Å². The highest BCUT2D eigenvalue weighted by atomic mass is 16.5. The van der Waals surface area contributed by atoms with Crippen LogP contribution in [0.25, 0.3) is 0 Å². The van der Waals surface area contributed by atoms with Crippen molar-refractivity contribution in [2.75, 3.05) is 25.5 Å². The Morgan fingerprint density at radius 1 is 1.24 bits per heavy atom.